The van der Waals surface area contributed by atoms with Crippen molar-refractivity contribution in [2.45, 2.75) is 40.5 Å². The van der Waals surface area contributed by atoms with E-state index in [9.17, 15) is 4.79 Å². The Morgan fingerprint density at radius 3 is 2.41 bits per heavy atom. The quantitative estimate of drug-likeness (QED) is 0.747. The van der Waals surface area contributed by atoms with Crippen molar-refractivity contribution < 1.29 is 4.79 Å². The normalized spacial score (nSPS) is 26.2. The Labute approximate surface area is 106 Å². The number of amides is 1. The molecule has 1 aliphatic heterocycles. The molecule has 2 unspecified atom stereocenters. The fourth-order valence-electron chi connectivity index (χ4n) is 2.69. The molecule has 1 fully saturated rings. The van der Waals surface area contributed by atoms with E-state index in [1.165, 1.54) is 19.5 Å². The molecule has 1 heterocycles. The number of carbonyl (C=O) groups is 1. The zero-order valence-corrected chi connectivity index (χ0v) is 11.8. The Bertz CT molecular complexity index is 230. The zero-order chi connectivity index (χ0) is 12.8. The molecule has 1 rings (SSSR count). The molecule has 0 aromatic carbocycles. The van der Waals surface area contributed by atoms with Crippen LogP contribution in [0.3, 0.4) is 0 Å². The molecule has 17 heavy (non-hydrogen) atoms. The molecule has 0 aliphatic carbocycles. The van der Waals surface area contributed by atoms with Crippen LogP contribution in [0.1, 0.15) is 40.5 Å². The van der Waals surface area contributed by atoms with E-state index in [0.717, 1.165) is 31.3 Å². The van der Waals surface area contributed by atoms with Crippen molar-refractivity contribution in [2.75, 3.05) is 26.2 Å². The van der Waals surface area contributed by atoms with Gasteiger partial charge in [-0.2, -0.15) is 0 Å². The van der Waals surface area contributed by atoms with Gasteiger partial charge in [-0.1, -0.05) is 27.7 Å². The fourth-order valence-corrected chi connectivity index (χ4v) is 2.69. The minimum atomic E-state index is 0.102. The van der Waals surface area contributed by atoms with Crippen LogP contribution in [0.15, 0.2) is 0 Å². The van der Waals surface area contributed by atoms with E-state index in [-0.39, 0.29) is 11.8 Å². The lowest BCUT2D eigenvalue weighted by molar-refractivity contribution is -0.123. The SMILES string of the molecule is CC1CC(C)CN(CCCNC(=O)C(C)C)C1. The summed E-state index contributed by atoms with van der Waals surface area (Å²) in [5.74, 6) is 1.92. The maximum absolute atomic E-state index is 11.4. The molecule has 0 spiro atoms. The van der Waals surface area contributed by atoms with Crippen molar-refractivity contribution in [1.82, 2.24) is 10.2 Å². The summed E-state index contributed by atoms with van der Waals surface area (Å²) in [6.45, 7) is 12.9. The van der Waals surface area contributed by atoms with Gasteiger partial charge in [0.15, 0.2) is 0 Å². The highest BCUT2D eigenvalue weighted by Crippen LogP contribution is 2.20. The second-order valence-corrected chi connectivity index (χ2v) is 6.00. The van der Waals surface area contributed by atoms with Crippen LogP contribution in [0, 0.1) is 17.8 Å². The Kier molecular flexibility index (Phi) is 5.96. The van der Waals surface area contributed by atoms with Gasteiger partial charge in [-0.3, -0.25) is 4.79 Å². The van der Waals surface area contributed by atoms with Crippen LogP contribution in [0.4, 0.5) is 0 Å². The maximum atomic E-state index is 11.4. The van der Waals surface area contributed by atoms with E-state index in [2.05, 4.69) is 24.1 Å². The largest absolute Gasteiger partial charge is 0.356 e. The van der Waals surface area contributed by atoms with Gasteiger partial charge in [-0.15, -0.1) is 0 Å². The lowest BCUT2D eigenvalue weighted by Crippen LogP contribution is -2.40. The van der Waals surface area contributed by atoms with E-state index in [0.29, 0.717) is 0 Å². The van der Waals surface area contributed by atoms with Crippen molar-refractivity contribution in [3.63, 3.8) is 0 Å². The molecule has 0 radical (unpaired) electrons. The fraction of sp³-hybridized carbons (Fsp3) is 0.929. The van der Waals surface area contributed by atoms with E-state index in [1.807, 2.05) is 13.8 Å². The lowest BCUT2D eigenvalue weighted by Gasteiger charge is -2.34. The van der Waals surface area contributed by atoms with Gasteiger partial charge in [-0.05, 0) is 31.2 Å². The first kappa shape index (κ1) is 14.5. The van der Waals surface area contributed by atoms with Crippen molar-refractivity contribution in [1.29, 1.82) is 0 Å². The second-order valence-electron chi connectivity index (χ2n) is 6.00. The predicted molar refractivity (Wildman–Crippen MR) is 71.8 cm³/mol. The average Bonchev–Trinajstić information content (AvgIpc) is 2.22. The Morgan fingerprint density at radius 1 is 1.29 bits per heavy atom. The van der Waals surface area contributed by atoms with E-state index in [4.69, 9.17) is 0 Å². The summed E-state index contributed by atoms with van der Waals surface area (Å²) < 4.78 is 0. The van der Waals surface area contributed by atoms with Crippen LogP contribution in [0.2, 0.25) is 0 Å². The van der Waals surface area contributed by atoms with E-state index in [1.54, 1.807) is 0 Å². The van der Waals surface area contributed by atoms with Gasteiger partial charge in [-0.25, -0.2) is 0 Å². The molecule has 1 aliphatic rings. The summed E-state index contributed by atoms with van der Waals surface area (Å²) in [5.41, 5.74) is 0. The van der Waals surface area contributed by atoms with Crippen LogP contribution in [0.25, 0.3) is 0 Å². The molecule has 1 amide bonds. The monoisotopic (exact) mass is 240 g/mol. The molecule has 3 nitrogen and oxygen atoms in total. The number of carbonyl (C=O) groups excluding carboxylic acids is 1. The van der Waals surface area contributed by atoms with Crippen molar-refractivity contribution >= 4 is 5.91 Å². The van der Waals surface area contributed by atoms with Gasteiger partial charge in [0.05, 0.1) is 0 Å². The maximum Gasteiger partial charge on any atom is 0.222 e. The minimum Gasteiger partial charge on any atom is -0.356 e. The van der Waals surface area contributed by atoms with Crippen LogP contribution >= 0.6 is 0 Å². The molecule has 2 atom stereocenters. The van der Waals surface area contributed by atoms with Gasteiger partial charge in [0.1, 0.15) is 0 Å². The molecule has 1 saturated heterocycles. The number of hydrogen-bond acceptors (Lipinski definition) is 2. The van der Waals surface area contributed by atoms with E-state index < -0.39 is 0 Å². The molecular formula is C14H28N2O. The standard InChI is InChI=1S/C14H28N2O/c1-11(2)14(17)15-6-5-7-16-9-12(3)8-13(4)10-16/h11-13H,5-10H2,1-4H3,(H,15,17). The Balaban J connectivity index is 2.12. The van der Waals surface area contributed by atoms with Gasteiger partial charge < -0.3 is 10.2 Å². The third-order valence-electron chi connectivity index (χ3n) is 3.42. The van der Waals surface area contributed by atoms with Crippen LogP contribution in [-0.2, 0) is 4.79 Å². The van der Waals surface area contributed by atoms with Gasteiger partial charge in [0, 0.05) is 25.6 Å². The molecule has 3 heteroatoms. The van der Waals surface area contributed by atoms with Crippen LogP contribution < -0.4 is 5.32 Å². The Hall–Kier alpha value is -0.570. The first-order valence-electron chi connectivity index (χ1n) is 6.99. The summed E-state index contributed by atoms with van der Waals surface area (Å²) in [7, 11) is 0. The number of likely N-dealkylation sites (tertiary alicyclic amines) is 1. The Morgan fingerprint density at radius 2 is 1.88 bits per heavy atom. The molecular weight excluding hydrogens is 212 g/mol. The van der Waals surface area contributed by atoms with Crippen molar-refractivity contribution in [3.05, 3.63) is 0 Å². The van der Waals surface area contributed by atoms with Gasteiger partial charge in [0.2, 0.25) is 5.91 Å². The van der Waals surface area contributed by atoms with Crippen molar-refractivity contribution in [2.24, 2.45) is 17.8 Å². The lowest BCUT2D eigenvalue weighted by atomic mass is 9.92. The number of piperidine rings is 1. The van der Waals surface area contributed by atoms with Crippen molar-refractivity contribution in [3.8, 4) is 0 Å². The highest BCUT2D eigenvalue weighted by Gasteiger charge is 2.20. The summed E-state index contributed by atoms with van der Waals surface area (Å²) in [6.07, 6.45) is 2.43. The highest BCUT2D eigenvalue weighted by atomic mass is 16.1. The topological polar surface area (TPSA) is 32.3 Å². The van der Waals surface area contributed by atoms with Crippen LogP contribution in [-0.4, -0.2) is 37.0 Å². The van der Waals surface area contributed by atoms with Gasteiger partial charge >= 0.3 is 0 Å². The summed E-state index contributed by atoms with van der Waals surface area (Å²) >= 11 is 0. The first-order chi connectivity index (χ1) is 7.99. The summed E-state index contributed by atoms with van der Waals surface area (Å²) in [5, 5.41) is 2.98. The molecule has 1 N–H and O–H groups in total. The number of hydrogen-bond donors (Lipinski definition) is 1. The molecule has 100 valence electrons. The highest BCUT2D eigenvalue weighted by molar-refractivity contribution is 5.77. The van der Waals surface area contributed by atoms with Gasteiger partial charge in [0.25, 0.3) is 0 Å². The molecule has 0 saturated carbocycles. The third kappa shape index (κ3) is 5.53. The second kappa shape index (κ2) is 7.00. The average molecular weight is 240 g/mol. The van der Waals surface area contributed by atoms with E-state index >= 15 is 0 Å². The molecule has 0 bridgehead atoms. The number of rotatable bonds is 5. The van der Waals surface area contributed by atoms with Crippen LogP contribution in [0.5, 0.6) is 0 Å². The zero-order valence-electron chi connectivity index (χ0n) is 11.8. The first-order valence-corrected chi connectivity index (χ1v) is 6.99. The summed E-state index contributed by atoms with van der Waals surface area (Å²) in [6, 6.07) is 0. The number of nitrogens with one attached hydrogen (secondary N) is 1. The number of nitrogens with zero attached hydrogens (tertiary/aromatic N) is 1. The predicted octanol–water partition coefficient (Wildman–Crippen LogP) is 2.13. The smallest absolute Gasteiger partial charge is 0.222 e. The molecule has 0 aromatic rings. The minimum absolute atomic E-state index is 0.102. The third-order valence-corrected chi connectivity index (χ3v) is 3.42. The summed E-state index contributed by atoms with van der Waals surface area (Å²) in [4.78, 5) is 13.9. The molecule has 0 aromatic heterocycles.